The zero-order chi connectivity index (χ0) is 12.0. The number of hydrogen-bond donors (Lipinski definition) is 2. The van der Waals surface area contributed by atoms with E-state index in [1.165, 1.54) is 5.56 Å². The number of halogens is 1. The van der Waals surface area contributed by atoms with Crippen molar-refractivity contribution in [1.29, 1.82) is 0 Å². The summed E-state index contributed by atoms with van der Waals surface area (Å²) in [4.78, 5) is 0. The summed E-state index contributed by atoms with van der Waals surface area (Å²) in [5, 5.41) is 12.6. The molecule has 90 valence electrons. The summed E-state index contributed by atoms with van der Waals surface area (Å²) in [5.41, 5.74) is 1.23. The highest BCUT2D eigenvalue weighted by Crippen LogP contribution is 2.12. The second kappa shape index (κ2) is 7.05. The fraction of sp³-hybridized carbons (Fsp3) is 0.538. The van der Waals surface area contributed by atoms with E-state index in [0.717, 1.165) is 17.4 Å². The molecule has 1 aromatic rings. The standard InChI is InChI=1S/C13H20BrNO/c1-10(2)6-13(9-16)15-8-11-4-3-5-12(14)7-11/h3-5,7,10,13,15-16H,6,8-9H2,1-2H3/t13-/m0/s1. The average Bonchev–Trinajstić information content (AvgIpc) is 2.24. The van der Waals surface area contributed by atoms with Crippen molar-refractivity contribution in [3.8, 4) is 0 Å². The van der Waals surface area contributed by atoms with Crippen LogP contribution in [0.5, 0.6) is 0 Å². The smallest absolute Gasteiger partial charge is 0.0584 e. The Hall–Kier alpha value is -0.380. The summed E-state index contributed by atoms with van der Waals surface area (Å²) in [6.07, 6.45) is 1.00. The molecule has 1 aromatic carbocycles. The third-order valence-corrected chi connectivity index (χ3v) is 2.95. The average molecular weight is 286 g/mol. The van der Waals surface area contributed by atoms with Gasteiger partial charge in [-0.1, -0.05) is 41.9 Å². The number of hydrogen-bond acceptors (Lipinski definition) is 2. The van der Waals surface area contributed by atoms with Crippen molar-refractivity contribution in [3.63, 3.8) is 0 Å². The molecule has 0 amide bonds. The number of aliphatic hydroxyl groups is 1. The van der Waals surface area contributed by atoms with E-state index >= 15 is 0 Å². The van der Waals surface area contributed by atoms with Gasteiger partial charge in [-0.2, -0.15) is 0 Å². The van der Waals surface area contributed by atoms with Crippen molar-refractivity contribution in [2.75, 3.05) is 6.61 Å². The summed E-state index contributed by atoms with van der Waals surface area (Å²) in [7, 11) is 0. The van der Waals surface area contributed by atoms with Gasteiger partial charge in [0.15, 0.2) is 0 Å². The highest BCUT2D eigenvalue weighted by molar-refractivity contribution is 9.10. The van der Waals surface area contributed by atoms with Crippen LogP contribution in [0.1, 0.15) is 25.8 Å². The molecule has 2 nitrogen and oxygen atoms in total. The number of aliphatic hydroxyl groups excluding tert-OH is 1. The maximum Gasteiger partial charge on any atom is 0.0584 e. The molecule has 0 aliphatic carbocycles. The summed E-state index contributed by atoms with van der Waals surface area (Å²) < 4.78 is 1.09. The van der Waals surface area contributed by atoms with E-state index in [1.807, 2.05) is 12.1 Å². The van der Waals surface area contributed by atoms with Gasteiger partial charge in [0, 0.05) is 17.1 Å². The first kappa shape index (κ1) is 13.7. The van der Waals surface area contributed by atoms with Gasteiger partial charge in [0.2, 0.25) is 0 Å². The van der Waals surface area contributed by atoms with Crippen LogP contribution in [0.3, 0.4) is 0 Å². The Labute approximate surface area is 106 Å². The van der Waals surface area contributed by atoms with Crippen molar-refractivity contribution in [3.05, 3.63) is 34.3 Å². The van der Waals surface area contributed by atoms with Crippen molar-refractivity contribution >= 4 is 15.9 Å². The summed E-state index contributed by atoms with van der Waals surface area (Å²) in [5.74, 6) is 0.604. The number of nitrogens with one attached hydrogen (secondary N) is 1. The second-order valence-electron chi connectivity index (χ2n) is 4.52. The normalized spacial score (nSPS) is 13.1. The molecule has 0 heterocycles. The predicted molar refractivity (Wildman–Crippen MR) is 71.3 cm³/mol. The Morgan fingerprint density at radius 1 is 1.38 bits per heavy atom. The number of benzene rings is 1. The molecule has 0 spiro atoms. The molecule has 0 radical (unpaired) electrons. The van der Waals surface area contributed by atoms with Crippen LogP contribution < -0.4 is 5.32 Å². The lowest BCUT2D eigenvalue weighted by Gasteiger charge is -2.18. The van der Waals surface area contributed by atoms with Crippen LogP contribution in [0.15, 0.2) is 28.7 Å². The van der Waals surface area contributed by atoms with Gasteiger partial charge in [0.1, 0.15) is 0 Å². The van der Waals surface area contributed by atoms with Crippen LogP contribution in [0.4, 0.5) is 0 Å². The molecule has 0 aromatic heterocycles. The SMILES string of the molecule is CC(C)C[C@@H](CO)NCc1cccc(Br)c1. The maximum absolute atomic E-state index is 9.24. The molecule has 0 fully saturated rings. The van der Waals surface area contributed by atoms with Crippen LogP contribution in [0.2, 0.25) is 0 Å². The first-order valence-corrected chi connectivity index (χ1v) is 6.49. The molecule has 0 aliphatic heterocycles. The van der Waals surface area contributed by atoms with Gasteiger partial charge in [-0.25, -0.2) is 0 Å². The topological polar surface area (TPSA) is 32.3 Å². The third kappa shape index (κ3) is 5.10. The highest BCUT2D eigenvalue weighted by atomic mass is 79.9. The lowest BCUT2D eigenvalue weighted by Crippen LogP contribution is -2.33. The van der Waals surface area contributed by atoms with Crippen LogP contribution in [0.25, 0.3) is 0 Å². The first-order chi connectivity index (χ1) is 7.61. The van der Waals surface area contributed by atoms with Crippen molar-refractivity contribution in [1.82, 2.24) is 5.32 Å². The molecule has 0 saturated heterocycles. The maximum atomic E-state index is 9.24. The number of rotatable bonds is 6. The van der Waals surface area contributed by atoms with Gasteiger partial charge in [-0.15, -0.1) is 0 Å². The minimum absolute atomic E-state index is 0.194. The molecule has 3 heteroatoms. The summed E-state index contributed by atoms with van der Waals surface area (Å²) >= 11 is 3.45. The largest absolute Gasteiger partial charge is 0.395 e. The fourth-order valence-corrected chi connectivity index (χ4v) is 2.15. The van der Waals surface area contributed by atoms with Gasteiger partial charge < -0.3 is 10.4 Å². The fourth-order valence-electron chi connectivity index (χ4n) is 1.70. The van der Waals surface area contributed by atoms with E-state index in [1.54, 1.807) is 0 Å². The van der Waals surface area contributed by atoms with E-state index < -0.39 is 0 Å². The first-order valence-electron chi connectivity index (χ1n) is 5.70. The van der Waals surface area contributed by atoms with E-state index in [4.69, 9.17) is 0 Å². The molecular weight excluding hydrogens is 266 g/mol. The Balaban J connectivity index is 2.43. The van der Waals surface area contributed by atoms with Crippen LogP contribution in [-0.2, 0) is 6.54 Å². The Bertz CT molecular complexity index is 315. The van der Waals surface area contributed by atoms with Gasteiger partial charge >= 0.3 is 0 Å². The molecule has 0 bridgehead atoms. The second-order valence-corrected chi connectivity index (χ2v) is 5.44. The quantitative estimate of drug-likeness (QED) is 0.842. The lowest BCUT2D eigenvalue weighted by molar-refractivity contribution is 0.223. The van der Waals surface area contributed by atoms with Crippen LogP contribution >= 0.6 is 15.9 Å². The predicted octanol–water partition coefficient (Wildman–Crippen LogP) is 2.95. The molecule has 16 heavy (non-hydrogen) atoms. The zero-order valence-electron chi connectivity index (χ0n) is 9.91. The molecule has 0 aliphatic rings. The molecule has 0 unspecified atom stereocenters. The van der Waals surface area contributed by atoms with E-state index in [9.17, 15) is 5.11 Å². The summed E-state index contributed by atoms with van der Waals surface area (Å²) in [6, 6.07) is 8.41. The Kier molecular flexibility index (Phi) is 6.03. The molecule has 1 atom stereocenters. The molecule has 2 N–H and O–H groups in total. The van der Waals surface area contributed by atoms with Crippen molar-refractivity contribution < 1.29 is 5.11 Å². The minimum Gasteiger partial charge on any atom is -0.395 e. The van der Waals surface area contributed by atoms with E-state index in [0.29, 0.717) is 5.92 Å². The van der Waals surface area contributed by atoms with Gasteiger partial charge in [-0.05, 0) is 30.0 Å². The Morgan fingerprint density at radius 3 is 2.69 bits per heavy atom. The Morgan fingerprint density at radius 2 is 2.12 bits per heavy atom. The van der Waals surface area contributed by atoms with Gasteiger partial charge in [-0.3, -0.25) is 0 Å². The van der Waals surface area contributed by atoms with Gasteiger partial charge in [0.05, 0.1) is 6.61 Å². The zero-order valence-corrected chi connectivity index (χ0v) is 11.5. The molecular formula is C13H20BrNO. The van der Waals surface area contributed by atoms with Crippen molar-refractivity contribution in [2.45, 2.75) is 32.9 Å². The van der Waals surface area contributed by atoms with E-state index in [-0.39, 0.29) is 12.6 Å². The minimum atomic E-state index is 0.194. The van der Waals surface area contributed by atoms with Crippen LogP contribution in [0, 0.1) is 5.92 Å². The van der Waals surface area contributed by atoms with E-state index in [2.05, 4.69) is 47.2 Å². The van der Waals surface area contributed by atoms with Gasteiger partial charge in [0.25, 0.3) is 0 Å². The summed E-state index contributed by atoms with van der Waals surface area (Å²) in [6.45, 7) is 5.34. The monoisotopic (exact) mass is 285 g/mol. The lowest BCUT2D eigenvalue weighted by atomic mass is 10.0. The van der Waals surface area contributed by atoms with Crippen LogP contribution in [-0.4, -0.2) is 17.8 Å². The third-order valence-electron chi connectivity index (χ3n) is 2.46. The van der Waals surface area contributed by atoms with Crippen molar-refractivity contribution in [2.24, 2.45) is 5.92 Å². The highest BCUT2D eigenvalue weighted by Gasteiger charge is 2.08. The molecule has 1 rings (SSSR count). The molecule has 0 saturated carbocycles.